The molecule has 1 N–H and O–H groups in total. The number of hydrogen-bond acceptors (Lipinski definition) is 2. The Balaban J connectivity index is 2.19. The van der Waals surface area contributed by atoms with Gasteiger partial charge in [0.1, 0.15) is 5.56 Å². The Hall–Kier alpha value is -1.58. The molecule has 0 aliphatic heterocycles. The van der Waals surface area contributed by atoms with Gasteiger partial charge in [0.05, 0.1) is 0 Å². The second-order valence-corrected chi connectivity index (χ2v) is 4.98. The summed E-state index contributed by atoms with van der Waals surface area (Å²) in [5.74, 6) is -0.118. The highest BCUT2D eigenvalue weighted by molar-refractivity contribution is 5.94. The van der Waals surface area contributed by atoms with Gasteiger partial charge in [0, 0.05) is 30.5 Å². The lowest BCUT2D eigenvalue weighted by Gasteiger charge is -2.21. The molecule has 4 heteroatoms. The summed E-state index contributed by atoms with van der Waals surface area (Å²) in [5, 5.41) is 0. The zero-order valence-corrected chi connectivity index (χ0v) is 11.0. The highest BCUT2D eigenvalue weighted by Crippen LogP contribution is 2.28. The smallest absolute Gasteiger partial charge is 0.259 e. The first-order valence-corrected chi connectivity index (χ1v) is 6.63. The van der Waals surface area contributed by atoms with E-state index in [1.54, 1.807) is 6.20 Å². The van der Waals surface area contributed by atoms with Crippen LogP contribution in [0.2, 0.25) is 0 Å². The number of rotatable bonds is 5. The third-order valence-corrected chi connectivity index (χ3v) is 3.29. The molecule has 1 aromatic rings. The minimum absolute atomic E-state index is 0.118. The van der Waals surface area contributed by atoms with Crippen molar-refractivity contribution in [3.05, 3.63) is 33.7 Å². The van der Waals surface area contributed by atoms with Crippen LogP contribution in [0.1, 0.15) is 48.7 Å². The molecule has 1 heterocycles. The number of amides is 1. The molecule has 2 rings (SSSR count). The molecular weight excluding hydrogens is 228 g/mol. The molecule has 1 fully saturated rings. The van der Waals surface area contributed by atoms with E-state index in [2.05, 4.69) is 11.9 Å². The Morgan fingerprint density at radius 2 is 2.22 bits per heavy atom. The molecule has 0 aromatic carbocycles. The van der Waals surface area contributed by atoms with Crippen molar-refractivity contribution in [2.24, 2.45) is 0 Å². The molecule has 1 aliphatic carbocycles. The number of pyridine rings is 1. The molecule has 1 aromatic heterocycles. The topological polar surface area (TPSA) is 53.2 Å². The fourth-order valence-corrected chi connectivity index (χ4v) is 2.06. The van der Waals surface area contributed by atoms with Gasteiger partial charge in [-0.3, -0.25) is 9.59 Å². The third kappa shape index (κ3) is 2.81. The number of carbonyl (C=O) groups is 1. The summed E-state index contributed by atoms with van der Waals surface area (Å²) in [7, 11) is 0. The largest absolute Gasteiger partial charge is 0.364 e. The quantitative estimate of drug-likeness (QED) is 0.867. The van der Waals surface area contributed by atoms with Crippen LogP contribution in [0.15, 0.2) is 17.1 Å². The molecule has 0 unspecified atom stereocenters. The molecule has 1 aliphatic rings. The van der Waals surface area contributed by atoms with E-state index in [9.17, 15) is 9.59 Å². The Bertz CT molecular complexity index is 489. The number of nitrogens with one attached hydrogen (secondary N) is 1. The highest BCUT2D eigenvalue weighted by Gasteiger charge is 2.33. The Kier molecular flexibility index (Phi) is 3.84. The van der Waals surface area contributed by atoms with Gasteiger partial charge >= 0.3 is 0 Å². The van der Waals surface area contributed by atoms with Crippen LogP contribution >= 0.6 is 0 Å². The van der Waals surface area contributed by atoms with Gasteiger partial charge in [-0.15, -0.1) is 0 Å². The van der Waals surface area contributed by atoms with Crippen LogP contribution in [0, 0.1) is 6.92 Å². The van der Waals surface area contributed by atoms with Crippen LogP contribution in [-0.2, 0) is 0 Å². The van der Waals surface area contributed by atoms with Crippen LogP contribution in [0.4, 0.5) is 0 Å². The van der Waals surface area contributed by atoms with Crippen molar-refractivity contribution in [2.75, 3.05) is 6.54 Å². The van der Waals surface area contributed by atoms with Gasteiger partial charge in [-0.25, -0.2) is 0 Å². The van der Waals surface area contributed by atoms with Gasteiger partial charge in [-0.1, -0.05) is 13.3 Å². The van der Waals surface area contributed by atoms with Crippen molar-refractivity contribution in [1.29, 1.82) is 0 Å². The lowest BCUT2D eigenvalue weighted by Crippen LogP contribution is -2.36. The molecule has 18 heavy (non-hydrogen) atoms. The maximum atomic E-state index is 12.4. The van der Waals surface area contributed by atoms with Crippen LogP contribution in [0.5, 0.6) is 0 Å². The summed E-state index contributed by atoms with van der Waals surface area (Å²) >= 11 is 0. The van der Waals surface area contributed by atoms with Gasteiger partial charge in [0.15, 0.2) is 5.43 Å². The van der Waals surface area contributed by atoms with Crippen LogP contribution in [0.3, 0.4) is 0 Å². The number of aromatic nitrogens is 1. The zero-order valence-electron chi connectivity index (χ0n) is 11.0. The van der Waals surface area contributed by atoms with Gasteiger partial charge < -0.3 is 9.88 Å². The van der Waals surface area contributed by atoms with Gasteiger partial charge in [-0.05, 0) is 26.2 Å². The maximum Gasteiger partial charge on any atom is 0.259 e. The number of H-pyrrole nitrogens is 1. The van der Waals surface area contributed by atoms with Crippen molar-refractivity contribution in [2.45, 2.75) is 45.6 Å². The number of unbranched alkanes of at least 4 members (excludes halogenated alkanes) is 1. The lowest BCUT2D eigenvalue weighted by atomic mass is 10.2. The molecule has 0 spiro atoms. The average molecular weight is 248 g/mol. The Labute approximate surface area is 107 Å². The monoisotopic (exact) mass is 248 g/mol. The van der Waals surface area contributed by atoms with Crippen molar-refractivity contribution in [3.8, 4) is 0 Å². The van der Waals surface area contributed by atoms with E-state index in [0.29, 0.717) is 6.04 Å². The van der Waals surface area contributed by atoms with Crippen molar-refractivity contribution in [3.63, 3.8) is 0 Å². The number of nitrogens with zero attached hydrogens (tertiary/aromatic N) is 1. The molecule has 0 saturated heterocycles. The summed E-state index contributed by atoms with van der Waals surface area (Å²) in [6, 6.07) is 1.84. The van der Waals surface area contributed by atoms with E-state index < -0.39 is 0 Å². The predicted molar refractivity (Wildman–Crippen MR) is 70.8 cm³/mol. The molecule has 1 saturated carbocycles. The van der Waals surface area contributed by atoms with Crippen molar-refractivity contribution in [1.82, 2.24) is 9.88 Å². The zero-order chi connectivity index (χ0) is 13.1. The van der Waals surface area contributed by atoms with Gasteiger partial charge in [-0.2, -0.15) is 0 Å². The molecule has 0 radical (unpaired) electrons. The highest BCUT2D eigenvalue weighted by atomic mass is 16.2. The Morgan fingerprint density at radius 3 is 2.78 bits per heavy atom. The van der Waals surface area contributed by atoms with Gasteiger partial charge in [0.25, 0.3) is 5.91 Å². The first kappa shape index (κ1) is 12.9. The molecule has 1 amide bonds. The van der Waals surface area contributed by atoms with E-state index in [-0.39, 0.29) is 16.9 Å². The van der Waals surface area contributed by atoms with E-state index in [1.807, 2.05) is 11.8 Å². The van der Waals surface area contributed by atoms with E-state index >= 15 is 0 Å². The fraction of sp³-hybridized carbons (Fsp3) is 0.571. The minimum atomic E-state index is -0.182. The number of hydrogen-bond donors (Lipinski definition) is 1. The summed E-state index contributed by atoms with van der Waals surface area (Å²) in [6.07, 6.45) is 5.73. The summed E-state index contributed by atoms with van der Waals surface area (Å²) in [6.45, 7) is 4.67. The van der Waals surface area contributed by atoms with Crippen molar-refractivity contribution >= 4 is 5.91 Å². The fourth-order valence-electron chi connectivity index (χ4n) is 2.06. The molecular formula is C14H20N2O2. The van der Waals surface area contributed by atoms with E-state index in [1.165, 1.54) is 6.07 Å². The first-order chi connectivity index (χ1) is 8.63. The normalized spacial score (nSPS) is 14.6. The second-order valence-electron chi connectivity index (χ2n) is 4.98. The molecule has 98 valence electrons. The van der Waals surface area contributed by atoms with E-state index in [0.717, 1.165) is 37.9 Å². The maximum absolute atomic E-state index is 12.4. The van der Waals surface area contributed by atoms with Gasteiger partial charge in [0.2, 0.25) is 0 Å². The average Bonchev–Trinajstić information content (AvgIpc) is 3.13. The van der Waals surface area contributed by atoms with Crippen LogP contribution < -0.4 is 5.43 Å². The van der Waals surface area contributed by atoms with Crippen molar-refractivity contribution < 1.29 is 4.79 Å². The standard InChI is InChI=1S/C14H20N2O2/c1-3-4-7-16(11-5-6-11)14(18)12-9-15-10(2)8-13(12)17/h8-9,11H,3-7H2,1-2H3,(H,15,17). The molecule has 4 nitrogen and oxygen atoms in total. The third-order valence-electron chi connectivity index (χ3n) is 3.29. The summed E-state index contributed by atoms with van der Waals surface area (Å²) in [4.78, 5) is 29.0. The second kappa shape index (κ2) is 5.38. The number of aryl methyl sites for hydroxylation is 1. The lowest BCUT2D eigenvalue weighted by molar-refractivity contribution is 0.0739. The van der Waals surface area contributed by atoms with Crippen LogP contribution in [0.25, 0.3) is 0 Å². The summed E-state index contributed by atoms with van der Waals surface area (Å²) in [5.41, 5.74) is 0.866. The van der Waals surface area contributed by atoms with E-state index in [4.69, 9.17) is 0 Å². The minimum Gasteiger partial charge on any atom is -0.364 e. The molecule has 0 atom stereocenters. The Morgan fingerprint density at radius 1 is 1.50 bits per heavy atom. The molecule has 0 bridgehead atoms. The SMILES string of the molecule is CCCCN(C(=O)c1c[nH]c(C)cc1=O)C1CC1. The summed E-state index contributed by atoms with van der Waals surface area (Å²) < 4.78 is 0. The number of aromatic amines is 1. The first-order valence-electron chi connectivity index (χ1n) is 6.63. The van der Waals surface area contributed by atoms with Crippen LogP contribution in [-0.4, -0.2) is 28.4 Å². The predicted octanol–water partition coefficient (Wildman–Crippen LogP) is 2.09. The number of carbonyl (C=O) groups excluding carboxylic acids is 1.